The van der Waals surface area contributed by atoms with Gasteiger partial charge in [-0.3, -0.25) is 0 Å². The fraction of sp³-hybridized carbons (Fsp3) is 0.600. The first-order chi connectivity index (χ1) is 8.63. The first kappa shape index (κ1) is 15.3. The molecule has 0 aliphatic rings. The van der Waals surface area contributed by atoms with Crippen molar-refractivity contribution < 1.29 is 4.74 Å². The van der Waals surface area contributed by atoms with E-state index in [0.717, 1.165) is 42.3 Å². The number of hydrogen-bond acceptors (Lipinski definition) is 2. The predicted molar refractivity (Wildman–Crippen MR) is 78.7 cm³/mol. The van der Waals surface area contributed by atoms with Crippen molar-refractivity contribution in [3.05, 3.63) is 28.8 Å². The van der Waals surface area contributed by atoms with Crippen LogP contribution in [0.15, 0.2) is 18.2 Å². The van der Waals surface area contributed by atoms with E-state index < -0.39 is 0 Å². The summed E-state index contributed by atoms with van der Waals surface area (Å²) in [5, 5.41) is 4.27. The molecule has 1 aromatic carbocycles. The zero-order valence-electron chi connectivity index (χ0n) is 11.6. The average Bonchev–Trinajstić information content (AvgIpc) is 2.36. The molecule has 1 unspecified atom stereocenters. The Bertz CT molecular complexity index is 354. The van der Waals surface area contributed by atoms with Gasteiger partial charge in [0, 0.05) is 11.1 Å². The minimum atomic E-state index is 0.570. The maximum absolute atomic E-state index is 5.97. The second kappa shape index (κ2) is 8.39. The lowest BCUT2D eigenvalue weighted by Gasteiger charge is -2.13. The zero-order valence-corrected chi connectivity index (χ0v) is 12.4. The summed E-state index contributed by atoms with van der Waals surface area (Å²) in [6.45, 7) is 8.26. The monoisotopic (exact) mass is 269 g/mol. The summed E-state index contributed by atoms with van der Waals surface area (Å²) in [6.07, 6.45) is 3.40. The molecule has 0 saturated heterocycles. The van der Waals surface area contributed by atoms with E-state index in [9.17, 15) is 0 Å². The Hall–Kier alpha value is -0.730. The fourth-order valence-corrected chi connectivity index (χ4v) is 1.90. The van der Waals surface area contributed by atoms with E-state index in [0.29, 0.717) is 6.04 Å². The minimum Gasteiger partial charge on any atom is -0.494 e. The van der Waals surface area contributed by atoms with Crippen molar-refractivity contribution in [3.63, 3.8) is 0 Å². The van der Waals surface area contributed by atoms with Crippen molar-refractivity contribution in [1.29, 1.82) is 0 Å². The van der Waals surface area contributed by atoms with Gasteiger partial charge in [-0.2, -0.15) is 0 Å². The Morgan fingerprint density at radius 3 is 2.83 bits per heavy atom. The quantitative estimate of drug-likeness (QED) is 0.715. The van der Waals surface area contributed by atoms with Crippen molar-refractivity contribution in [2.24, 2.45) is 0 Å². The Kier molecular flexibility index (Phi) is 7.14. The third kappa shape index (κ3) is 5.74. The standard InChI is InChI=1S/C15H24ClNO/c1-4-9-17-13(3)6-5-10-18-14-7-8-15(16)12(2)11-14/h7-8,11,13,17H,4-6,9-10H2,1-3H3. The SMILES string of the molecule is CCCNC(C)CCCOc1ccc(Cl)c(C)c1. The third-order valence-corrected chi connectivity index (χ3v) is 3.35. The van der Waals surface area contributed by atoms with Gasteiger partial charge in [0.15, 0.2) is 0 Å². The topological polar surface area (TPSA) is 21.3 Å². The third-order valence-electron chi connectivity index (χ3n) is 2.92. The van der Waals surface area contributed by atoms with Gasteiger partial charge in [0.05, 0.1) is 6.61 Å². The molecule has 1 N–H and O–H groups in total. The van der Waals surface area contributed by atoms with Gasteiger partial charge in [0.25, 0.3) is 0 Å². The van der Waals surface area contributed by atoms with Crippen LogP contribution >= 0.6 is 11.6 Å². The van der Waals surface area contributed by atoms with E-state index in [-0.39, 0.29) is 0 Å². The average molecular weight is 270 g/mol. The van der Waals surface area contributed by atoms with Crippen molar-refractivity contribution in [2.45, 2.75) is 46.1 Å². The number of rotatable bonds is 8. The summed E-state index contributed by atoms with van der Waals surface area (Å²) in [7, 11) is 0. The lowest BCUT2D eigenvalue weighted by molar-refractivity contribution is 0.298. The van der Waals surface area contributed by atoms with E-state index in [4.69, 9.17) is 16.3 Å². The number of halogens is 1. The van der Waals surface area contributed by atoms with Crippen molar-refractivity contribution in [2.75, 3.05) is 13.2 Å². The molecule has 3 heteroatoms. The molecule has 1 aromatic rings. The fourth-order valence-electron chi connectivity index (χ4n) is 1.78. The van der Waals surface area contributed by atoms with Crippen LogP contribution in [0, 0.1) is 6.92 Å². The molecule has 0 bridgehead atoms. The Morgan fingerprint density at radius 2 is 2.17 bits per heavy atom. The van der Waals surface area contributed by atoms with Crippen LogP contribution in [0.1, 0.15) is 38.7 Å². The highest BCUT2D eigenvalue weighted by molar-refractivity contribution is 6.31. The molecular formula is C15H24ClNO. The van der Waals surface area contributed by atoms with Crippen LogP contribution in [-0.2, 0) is 0 Å². The second-order valence-electron chi connectivity index (χ2n) is 4.76. The van der Waals surface area contributed by atoms with Crippen molar-refractivity contribution in [1.82, 2.24) is 5.32 Å². The summed E-state index contributed by atoms with van der Waals surface area (Å²) in [5.74, 6) is 0.908. The van der Waals surface area contributed by atoms with E-state index in [2.05, 4.69) is 19.2 Å². The normalized spacial score (nSPS) is 12.4. The van der Waals surface area contributed by atoms with E-state index >= 15 is 0 Å². The van der Waals surface area contributed by atoms with Gasteiger partial charge < -0.3 is 10.1 Å². The van der Waals surface area contributed by atoms with Gasteiger partial charge in [0.2, 0.25) is 0 Å². The summed E-state index contributed by atoms with van der Waals surface area (Å²) >= 11 is 5.97. The van der Waals surface area contributed by atoms with E-state index in [1.165, 1.54) is 6.42 Å². The van der Waals surface area contributed by atoms with Crippen LogP contribution in [0.3, 0.4) is 0 Å². The molecule has 102 valence electrons. The summed E-state index contributed by atoms with van der Waals surface area (Å²) in [4.78, 5) is 0. The van der Waals surface area contributed by atoms with Gasteiger partial charge >= 0.3 is 0 Å². The summed E-state index contributed by atoms with van der Waals surface area (Å²) < 4.78 is 5.71. The highest BCUT2D eigenvalue weighted by atomic mass is 35.5. The van der Waals surface area contributed by atoms with E-state index in [1.54, 1.807) is 0 Å². The Morgan fingerprint density at radius 1 is 1.39 bits per heavy atom. The van der Waals surface area contributed by atoms with Gasteiger partial charge in [-0.1, -0.05) is 18.5 Å². The molecule has 0 aromatic heterocycles. The molecule has 1 atom stereocenters. The van der Waals surface area contributed by atoms with Crippen LogP contribution < -0.4 is 10.1 Å². The van der Waals surface area contributed by atoms with Gasteiger partial charge in [0.1, 0.15) is 5.75 Å². The minimum absolute atomic E-state index is 0.570. The first-order valence-electron chi connectivity index (χ1n) is 6.75. The molecule has 18 heavy (non-hydrogen) atoms. The molecular weight excluding hydrogens is 246 g/mol. The van der Waals surface area contributed by atoms with Gasteiger partial charge in [-0.05, 0) is 63.4 Å². The number of hydrogen-bond donors (Lipinski definition) is 1. The van der Waals surface area contributed by atoms with Gasteiger partial charge in [-0.25, -0.2) is 0 Å². The molecule has 0 heterocycles. The van der Waals surface area contributed by atoms with Crippen LogP contribution in [0.25, 0.3) is 0 Å². The molecule has 0 saturated carbocycles. The molecule has 0 radical (unpaired) electrons. The largest absolute Gasteiger partial charge is 0.494 e. The number of ether oxygens (including phenoxy) is 1. The first-order valence-corrected chi connectivity index (χ1v) is 7.13. The number of benzene rings is 1. The number of nitrogens with one attached hydrogen (secondary N) is 1. The predicted octanol–water partition coefficient (Wildman–Crippen LogP) is 4.20. The highest BCUT2D eigenvalue weighted by Gasteiger charge is 2.01. The molecule has 2 nitrogen and oxygen atoms in total. The van der Waals surface area contributed by atoms with Crippen LogP contribution in [-0.4, -0.2) is 19.2 Å². The molecule has 0 amide bonds. The zero-order chi connectivity index (χ0) is 13.4. The smallest absolute Gasteiger partial charge is 0.119 e. The Labute approximate surface area is 116 Å². The molecule has 1 rings (SSSR count). The van der Waals surface area contributed by atoms with Crippen LogP contribution in [0.2, 0.25) is 5.02 Å². The summed E-state index contributed by atoms with van der Waals surface area (Å²) in [5.41, 5.74) is 1.06. The van der Waals surface area contributed by atoms with Crippen LogP contribution in [0.4, 0.5) is 0 Å². The Balaban J connectivity index is 2.19. The van der Waals surface area contributed by atoms with Crippen molar-refractivity contribution >= 4 is 11.6 Å². The second-order valence-corrected chi connectivity index (χ2v) is 5.16. The molecule has 0 fully saturated rings. The lowest BCUT2D eigenvalue weighted by atomic mass is 10.2. The maximum Gasteiger partial charge on any atom is 0.119 e. The lowest BCUT2D eigenvalue weighted by Crippen LogP contribution is -2.26. The van der Waals surface area contributed by atoms with Crippen molar-refractivity contribution in [3.8, 4) is 5.75 Å². The maximum atomic E-state index is 5.97. The van der Waals surface area contributed by atoms with Gasteiger partial charge in [-0.15, -0.1) is 0 Å². The number of aryl methyl sites for hydroxylation is 1. The van der Waals surface area contributed by atoms with E-state index in [1.807, 2.05) is 25.1 Å². The molecule has 0 spiro atoms. The summed E-state index contributed by atoms with van der Waals surface area (Å²) in [6, 6.07) is 6.37. The highest BCUT2D eigenvalue weighted by Crippen LogP contribution is 2.21. The van der Waals surface area contributed by atoms with Crippen LogP contribution in [0.5, 0.6) is 5.75 Å². The molecule has 0 aliphatic carbocycles. The molecule has 0 aliphatic heterocycles.